The number of para-hydroxylation sites is 2. The van der Waals surface area contributed by atoms with Gasteiger partial charge in [-0.3, -0.25) is 4.79 Å². The molecule has 0 radical (unpaired) electrons. The smallest absolute Gasteiger partial charge is 0.319 e. The van der Waals surface area contributed by atoms with Crippen molar-refractivity contribution in [3.63, 3.8) is 0 Å². The van der Waals surface area contributed by atoms with E-state index >= 15 is 0 Å². The maximum atomic E-state index is 12.6. The zero-order valence-electron chi connectivity index (χ0n) is 16.5. The summed E-state index contributed by atoms with van der Waals surface area (Å²) >= 11 is 0. The van der Waals surface area contributed by atoms with E-state index in [9.17, 15) is 9.59 Å². The van der Waals surface area contributed by atoms with Gasteiger partial charge in [-0.1, -0.05) is 24.3 Å². The number of hydrogen-bond donors (Lipinski definition) is 3. The van der Waals surface area contributed by atoms with Gasteiger partial charge >= 0.3 is 6.03 Å². The van der Waals surface area contributed by atoms with Gasteiger partial charge in [0.05, 0.1) is 17.4 Å². The van der Waals surface area contributed by atoms with E-state index in [1.807, 2.05) is 49.4 Å². The number of anilines is 3. The number of carbonyl (C=O) groups excluding carboxylic acids is 2. The zero-order chi connectivity index (χ0) is 19.9. The van der Waals surface area contributed by atoms with Crippen LogP contribution < -0.4 is 20.9 Å². The second-order valence-electron chi connectivity index (χ2n) is 7.19. The third-order valence-corrected chi connectivity index (χ3v) is 4.90. The van der Waals surface area contributed by atoms with Crippen LogP contribution in [0.1, 0.15) is 44.7 Å². The molecular weight excluding hydrogens is 352 g/mol. The Hall–Kier alpha value is -3.02. The second kappa shape index (κ2) is 9.26. The number of nitrogens with zero attached hydrogens (tertiary/aromatic N) is 1. The molecule has 0 saturated carbocycles. The third kappa shape index (κ3) is 5.25. The first-order valence-corrected chi connectivity index (χ1v) is 9.82. The third-order valence-electron chi connectivity index (χ3n) is 4.90. The van der Waals surface area contributed by atoms with Crippen LogP contribution in [0.2, 0.25) is 0 Å². The van der Waals surface area contributed by atoms with Crippen molar-refractivity contribution >= 4 is 29.0 Å². The highest BCUT2D eigenvalue weighted by Crippen LogP contribution is 2.28. The number of piperidine rings is 1. The van der Waals surface area contributed by atoms with Gasteiger partial charge in [-0.2, -0.15) is 0 Å². The van der Waals surface area contributed by atoms with Crippen molar-refractivity contribution in [2.24, 2.45) is 0 Å². The van der Waals surface area contributed by atoms with Gasteiger partial charge in [-0.05, 0) is 56.0 Å². The maximum absolute atomic E-state index is 12.6. The average Bonchev–Trinajstić information content (AvgIpc) is 2.68. The molecule has 0 bridgehead atoms. The molecule has 1 aliphatic rings. The Bertz CT molecular complexity index is 831. The second-order valence-corrected chi connectivity index (χ2v) is 7.19. The Labute approximate surface area is 166 Å². The van der Waals surface area contributed by atoms with Crippen LogP contribution in [-0.4, -0.2) is 25.0 Å². The molecule has 1 aliphatic heterocycles. The van der Waals surface area contributed by atoms with E-state index in [0.717, 1.165) is 35.7 Å². The summed E-state index contributed by atoms with van der Waals surface area (Å²) in [5.74, 6) is -0.121. The molecule has 1 unspecified atom stereocenters. The van der Waals surface area contributed by atoms with Crippen LogP contribution >= 0.6 is 0 Å². The van der Waals surface area contributed by atoms with Gasteiger partial charge in [0, 0.05) is 25.7 Å². The number of nitrogens with one attached hydrogen (secondary N) is 3. The first kappa shape index (κ1) is 19.7. The van der Waals surface area contributed by atoms with Gasteiger partial charge in [-0.15, -0.1) is 0 Å². The highest BCUT2D eigenvalue weighted by atomic mass is 16.2. The minimum atomic E-state index is -0.248. The van der Waals surface area contributed by atoms with Crippen molar-refractivity contribution in [2.45, 2.75) is 39.2 Å². The highest BCUT2D eigenvalue weighted by molar-refractivity contribution is 5.93. The molecule has 1 atom stereocenters. The lowest BCUT2D eigenvalue weighted by Crippen LogP contribution is -2.33. The van der Waals surface area contributed by atoms with Gasteiger partial charge in [0.1, 0.15) is 0 Å². The molecule has 0 spiro atoms. The molecule has 148 valence electrons. The summed E-state index contributed by atoms with van der Waals surface area (Å²) in [7, 11) is 0. The molecule has 1 fully saturated rings. The number of carbonyl (C=O) groups is 2. The summed E-state index contributed by atoms with van der Waals surface area (Å²) in [6.45, 7) is 5.43. The molecule has 3 N–H and O–H groups in total. The Morgan fingerprint density at radius 3 is 2.46 bits per heavy atom. The number of urea groups is 1. The number of amides is 3. The summed E-state index contributed by atoms with van der Waals surface area (Å²) in [5.41, 5.74) is 3.53. The van der Waals surface area contributed by atoms with E-state index in [4.69, 9.17) is 0 Å². The molecule has 6 heteroatoms. The lowest BCUT2D eigenvalue weighted by Gasteiger charge is -2.30. The van der Waals surface area contributed by atoms with E-state index in [1.54, 1.807) is 0 Å². The molecule has 2 aromatic carbocycles. The number of benzene rings is 2. The van der Waals surface area contributed by atoms with Crippen molar-refractivity contribution in [1.29, 1.82) is 0 Å². The lowest BCUT2D eigenvalue weighted by atomic mass is 10.1. The summed E-state index contributed by atoms with van der Waals surface area (Å²) < 4.78 is 0. The fourth-order valence-corrected chi connectivity index (χ4v) is 3.52. The predicted molar refractivity (Wildman–Crippen MR) is 114 cm³/mol. The molecule has 3 amide bonds. The quantitative estimate of drug-likeness (QED) is 0.714. The van der Waals surface area contributed by atoms with Crippen LogP contribution in [0.3, 0.4) is 0 Å². The Kier molecular flexibility index (Phi) is 6.53. The van der Waals surface area contributed by atoms with E-state index in [2.05, 4.69) is 26.9 Å². The predicted octanol–water partition coefficient (Wildman–Crippen LogP) is 4.52. The van der Waals surface area contributed by atoms with Crippen molar-refractivity contribution in [3.8, 4) is 0 Å². The molecule has 1 saturated heterocycles. The van der Waals surface area contributed by atoms with Crippen LogP contribution in [0.4, 0.5) is 21.9 Å². The summed E-state index contributed by atoms with van der Waals surface area (Å²) in [6, 6.07) is 15.0. The zero-order valence-corrected chi connectivity index (χ0v) is 16.5. The van der Waals surface area contributed by atoms with Crippen LogP contribution in [0.5, 0.6) is 0 Å². The molecule has 2 aromatic rings. The fourth-order valence-electron chi connectivity index (χ4n) is 3.52. The minimum Gasteiger partial charge on any atom is -0.370 e. The van der Waals surface area contributed by atoms with E-state index in [0.29, 0.717) is 0 Å². The van der Waals surface area contributed by atoms with Gasteiger partial charge in [-0.25, -0.2) is 4.79 Å². The SMILES string of the molecule is CC(=O)Nc1cccc(C(C)NC(=O)Nc2ccccc2N2CCCCC2)c1. The van der Waals surface area contributed by atoms with Crippen LogP contribution in [0.25, 0.3) is 0 Å². The van der Waals surface area contributed by atoms with Gasteiger partial charge in [0.15, 0.2) is 0 Å². The highest BCUT2D eigenvalue weighted by Gasteiger charge is 2.16. The Balaban J connectivity index is 1.65. The van der Waals surface area contributed by atoms with Crippen molar-refractivity contribution in [2.75, 3.05) is 28.6 Å². The normalized spacial score (nSPS) is 14.9. The van der Waals surface area contributed by atoms with E-state index in [-0.39, 0.29) is 18.0 Å². The molecule has 0 aliphatic carbocycles. The number of rotatable bonds is 5. The average molecular weight is 380 g/mol. The molecule has 28 heavy (non-hydrogen) atoms. The number of hydrogen-bond acceptors (Lipinski definition) is 3. The Morgan fingerprint density at radius 1 is 0.964 bits per heavy atom. The summed E-state index contributed by atoms with van der Waals surface area (Å²) in [6.07, 6.45) is 3.63. The van der Waals surface area contributed by atoms with Crippen LogP contribution in [-0.2, 0) is 4.79 Å². The largest absolute Gasteiger partial charge is 0.370 e. The van der Waals surface area contributed by atoms with Gasteiger partial charge in [0.25, 0.3) is 0 Å². The van der Waals surface area contributed by atoms with E-state index < -0.39 is 0 Å². The molecule has 1 heterocycles. The van der Waals surface area contributed by atoms with Crippen LogP contribution in [0.15, 0.2) is 48.5 Å². The molecule has 6 nitrogen and oxygen atoms in total. The molecular formula is C22H28N4O2. The Morgan fingerprint density at radius 2 is 1.71 bits per heavy atom. The molecule has 3 rings (SSSR count). The topological polar surface area (TPSA) is 73.5 Å². The summed E-state index contributed by atoms with van der Waals surface area (Å²) in [4.78, 5) is 26.2. The first-order chi connectivity index (χ1) is 13.5. The lowest BCUT2D eigenvalue weighted by molar-refractivity contribution is -0.114. The molecule has 0 aromatic heterocycles. The maximum Gasteiger partial charge on any atom is 0.319 e. The van der Waals surface area contributed by atoms with Gasteiger partial charge < -0.3 is 20.9 Å². The summed E-state index contributed by atoms with van der Waals surface area (Å²) in [5, 5.41) is 8.73. The monoisotopic (exact) mass is 380 g/mol. The van der Waals surface area contributed by atoms with Crippen molar-refractivity contribution in [3.05, 3.63) is 54.1 Å². The fraction of sp³-hybridized carbons (Fsp3) is 0.364. The first-order valence-electron chi connectivity index (χ1n) is 9.82. The van der Waals surface area contributed by atoms with Crippen molar-refractivity contribution in [1.82, 2.24) is 5.32 Å². The van der Waals surface area contributed by atoms with Crippen LogP contribution in [0, 0.1) is 0 Å². The van der Waals surface area contributed by atoms with Gasteiger partial charge in [0.2, 0.25) is 5.91 Å². The minimum absolute atomic E-state index is 0.121. The van der Waals surface area contributed by atoms with Crippen molar-refractivity contribution < 1.29 is 9.59 Å². The van der Waals surface area contributed by atoms with E-state index in [1.165, 1.54) is 26.2 Å². The standard InChI is InChI=1S/C22H28N4O2/c1-16(18-9-8-10-19(15-18)24-17(2)27)23-22(28)25-20-11-4-5-12-21(20)26-13-6-3-7-14-26/h4-5,8-12,15-16H,3,6-7,13-14H2,1-2H3,(H,24,27)(H2,23,25,28).